The number of carbonyl (C=O) groups excluding carboxylic acids is 2. The van der Waals surface area contributed by atoms with Crippen molar-refractivity contribution in [3.8, 4) is 0 Å². The zero-order valence-electron chi connectivity index (χ0n) is 7.86. The van der Waals surface area contributed by atoms with Crippen molar-refractivity contribution in [2.75, 3.05) is 0 Å². The number of amides is 1. The van der Waals surface area contributed by atoms with E-state index in [1.165, 1.54) is 6.08 Å². The topological polar surface area (TPSA) is 62.3 Å². The highest BCUT2D eigenvalue weighted by molar-refractivity contribution is 5.90. The minimum absolute atomic E-state index is 0.124. The molecule has 0 aliphatic heterocycles. The fourth-order valence-electron chi connectivity index (χ4n) is 1.53. The Labute approximate surface area is 85.6 Å². The number of aromatic nitrogens is 1. The van der Waals surface area contributed by atoms with Gasteiger partial charge in [-0.15, -0.1) is 4.99 Å². The number of H-pyrrole nitrogens is 1. The van der Waals surface area contributed by atoms with Gasteiger partial charge in [0.25, 0.3) is 5.91 Å². The van der Waals surface area contributed by atoms with E-state index >= 15 is 0 Å². The molecular formula is C11H8N2O2. The van der Waals surface area contributed by atoms with Gasteiger partial charge in [-0.05, 0) is 11.6 Å². The Morgan fingerprint density at radius 2 is 2.20 bits per heavy atom. The minimum Gasteiger partial charge on any atom is -0.361 e. The molecule has 4 nitrogen and oxygen atoms in total. The van der Waals surface area contributed by atoms with Crippen LogP contribution >= 0.6 is 0 Å². The molecule has 0 saturated heterocycles. The fraction of sp³-hybridized carbons (Fsp3) is 0.0909. The van der Waals surface area contributed by atoms with E-state index in [0.29, 0.717) is 0 Å². The fourth-order valence-corrected chi connectivity index (χ4v) is 1.53. The summed E-state index contributed by atoms with van der Waals surface area (Å²) in [6, 6.07) is 7.65. The van der Waals surface area contributed by atoms with Gasteiger partial charge in [0, 0.05) is 17.1 Å². The summed E-state index contributed by atoms with van der Waals surface area (Å²) in [6.45, 7) is 0. The summed E-state index contributed by atoms with van der Waals surface area (Å²) >= 11 is 0. The van der Waals surface area contributed by atoms with Crippen LogP contribution in [0.3, 0.4) is 0 Å². The number of hydrogen-bond donors (Lipinski definition) is 1. The second-order valence-electron chi connectivity index (χ2n) is 3.13. The van der Waals surface area contributed by atoms with Crippen LogP contribution in [-0.4, -0.2) is 17.0 Å². The van der Waals surface area contributed by atoms with Crippen LogP contribution in [0.5, 0.6) is 0 Å². The molecule has 0 spiro atoms. The van der Waals surface area contributed by atoms with Gasteiger partial charge in [-0.2, -0.15) is 0 Å². The van der Waals surface area contributed by atoms with Gasteiger partial charge in [0.2, 0.25) is 6.08 Å². The van der Waals surface area contributed by atoms with Crippen molar-refractivity contribution in [2.24, 2.45) is 4.99 Å². The summed E-state index contributed by atoms with van der Waals surface area (Å²) in [5.74, 6) is -0.477. The second-order valence-corrected chi connectivity index (χ2v) is 3.13. The first-order chi connectivity index (χ1) is 7.31. The third-order valence-corrected chi connectivity index (χ3v) is 2.19. The molecule has 74 valence electrons. The van der Waals surface area contributed by atoms with Crippen LogP contribution in [0.25, 0.3) is 10.9 Å². The molecule has 1 aromatic carbocycles. The van der Waals surface area contributed by atoms with E-state index < -0.39 is 5.91 Å². The van der Waals surface area contributed by atoms with Crippen molar-refractivity contribution < 1.29 is 9.59 Å². The van der Waals surface area contributed by atoms with E-state index in [9.17, 15) is 9.59 Å². The minimum atomic E-state index is -0.477. The maximum atomic E-state index is 11.1. The summed E-state index contributed by atoms with van der Waals surface area (Å²) in [7, 11) is 0. The van der Waals surface area contributed by atoms with Crippen molar-refractivity contribution in [3.63, 3.8) is 0 Å². The standard InChI is InChI=1S/C11H8N2O2/c14-7-13-11(15)5-8-6-12-10-4-2-1-3-9(8)10/h1-4,6,12H,5H2. The first kappa shape index (κ1) is 9.37. The predicted molar refractivity (Wildman–Crippen MR) is 55.1 cm³/mol. The molecule has 1 N–H and O–H groups in total. The van der Waals surface area contributed by atoms with Crippen molar-refractivity contribution in [2.45, 2.75) is 6.42 Å². The summed E-state index contributed by atoms with van der Waals surface area (Å²) in [5.41, 5.74) is 1.81. The molecule has 0 radical (unpaired) electrons. The number of fused-ring (bicyclic) bond motifs is 1. The van der Waals surface area contributed by atoms with E-state index in [1.54, 1.807) is 6.20 Å². The van der Waals surface area contributed by atoms with Crippen molar-refractivity contribution in [3.05, 3.63) is 36.0 Å². The molecule has 1 heterocycles. The molecule has 1 amide bonds. The first-order valence-electron chi connectivity index (χ1n) is 4.47. The van der Waals surface area contributed by atoms with E-state index in [0.717, 1.165) is 16.5 Å². The number of aromatic amines is 1. The quantitative estimate of drug-likeness (QED) is 0.590. The highest BCUT2D eigenvalue weighted by Gasteiger charge is 2.06. The van der Waals surface area contributed by atoms with Crippen LogP contribution in [0.15, 0.2) is 35.5 Å². The lowest BCUT2D eigenvalue weighted by atomic mass is 10.1. The van der Waals surface area contributed by atoms with E-state index in [1.807, 2.05) is 24.3 Å². The lowest BCUT2D eigenvalue weighted by Gasteiger charge is -1.93. The number of carbonyl (C=O) groups is 1. The average Bonchev–Trinajstić information content (AvgIpc) is 2.62. The number of para-hydroxylation sites is 1. The molecule has 0 aliphatic carbocycles. The number of hydrogen-bond acceptors (Lipinski definition) is 2. The molecule has 2 aromatic rings. The van der Waals surface area contributed by atoms with Crippen LogP contribution in [0.1, 0.15) is 5.56 Å². The highest BCUT2D eigenvalue weighted by atomic mass is 16.2. The Hall–Kier alpha value is -2.19. The van der Waals surface area contributed by atoms with E-state index in [2.05, 4.69) is 9.98 Å². The third-order valence-electron chi connectivity index (χ3n) is 2.19. The molecule has 15 heavy (non-hydrogen) atoms. The molecule has 1 aromatic heterocycles. The number of nitrogens with zero attached hydrogens (tertiary/aromatic N) is 1. The van der Waals surface area contributed by atoms with E-state index in [-0.39, 0.29) is 6.42 Å². The van der Waals surface area contributed by atoms with E-state index in [4.69, 9.17) is 0 Å². The second kappa shape index (κ2) is 3.90. The summed E-state index contributed by atoms with van der Waals surface area (Å²) in [4.78, 5) is 27.1. The van der Waals surface area contributed by atoms with Crippen LogP contribution in [-0.2, 0) is 16.0 Å². The van der Waals surface area contributed by atoms with Gasteiger partial charge in [0.15, 0.2) is 0 Å². The van der Waals surface area contributed by atoms with Crippen molar-refractivity contribution in [1.82, 2.24) is 4.98 Å². The molecule has 2 rings (SSSR count). The smallest absolute Gasteiger partial charge is 0.260 e. The van der Waals surface area contributed by atoms with Crippen LogP contribution in [0.4, 0.5) is 0 Å². The maximum Gasteiger partial charge on any atom is 0.260 e. The van der Waals surface area contributed by atoms with Gasteiger partial charge >= 0.3 is 0 Å². The zero-order valence-corrected chi connectivity index (χ0v) is 7.86. The molecular weight excluding hydrogens is 192 g/mol. The molecule has 0 bridgehead atoms. The summed E-state index contributed by atoms with van der Waals surface area (Å²) < 4.78 is 0. The van der Waals surface area contributed by atoms with Crippen LogP contribution in [0, 0.1) is 0 Å². The highest BCUT2D eigenvalue weighted by Crippen LogP contribution is 2.18. The Morgan fingerprint density at radius 1 is 1.40 bits per heavy atom. The van der Waals surface area contributed by atoms with Crippen molar-refractivity contribution in [1.29, 1.82) is 0 Å². The maximum absolute atomic E-state index is 11.1. The lowest BCUT2D eigenvalue weighted by Crippen LogP contribution is -1.97. The Bertz CT molecular complexity index is 550. The predicted octanol–water partition coefficient (Wildman–Crippen LogP) is 1.57. The van der Waals surface area contributed by atoms with Gasteiger partial charge in [-0.1, -0.05) is 18.2 Å². The molecule has 0 atom stereocenters. The van der Waals surface area contributed by atoms with Crippen LogP contribution < -0.4 is 0 Å². The monoisotopic (exact) mass is 200 g/mol. The van der Waals surface area contributed by atoms with Gasteiger partial charge in [-0.3, -0.25) is 4.79 Å². The van der Waals surface area contributed by atoms with Gasteiger partial charge in [0.1, 0.15) is 0 Å². The Morgan fingerprint density at radius 3 is 3.00 bits per heavy atom. The average molecular weight is 200 g/mol. The lowest BCUT2D eigenvalue weighted by molar-refractivity contribution is -0.117. The molecule has 0 saturated carbocycles. The molecule has 0 fully saturated rings. The van der Waals surface area contributed by atoms with Gasteiger partial charge in [-0.25, -0.2) is 4.79 Å². The number of rotatable bonds is 2. The van der Waals surface area contributed by atoms with Crippen LogP contribution in [0.2, 0.25) is 0 Å². The summed E-state index contributed by atoms with van der Waals surface area (Å²) in [5, 5.41) is 0.979. The molecule has 4 heteroatoms. The first-order valence-corrected chi connectivity index (χ1v) is 4.47. The summed E-state index contributed by atoms with van der Waals surface area (Å²) in [6.07, 6.45) is 3.12. The number of nitrogens with one attached hydrogen (secondary N) is 1. The zero-order chi connectivity index (χ0) is 10.7. The SMILES string of the molecule is O=C=NC(=O)Cc1c[nH]c2ccccc12. The number of aliphatic imine (C=N–C) groups is 1. The Kier molecular flexibility index (Phi) is 2.44. The number of isocyanates is 1. The Balaban J connectivity index is 2.36. The number of benzene rings is 1. The molecule has 0 aliphatic rings. The van der Waals surface area contributed by atoms with Crippen molar-refractivity contribution >= 4 is 22.9 Å². The van der Waals surface area contributed by atoms with Gasteiger partial charge in [0.05, 0.1) is 6.42 Å². The molecule has 0 unspecified atom stereocenters. The normalized spacial score (nSPS) is 9.87. The third kappa shape index (κ3) is 1.85. The van der Waals surface area contributed by atoms with Gasteiger partial charge < -0.3 is 4.98 Å². The largest absolute Gasteiger partial charge is 0.361 e.